The fourth-order valence-electron chi connectivity index (χ4n) is 2.08. The number of carbonyl (C=O) groups is 1. The summed E-state index contributed by atoms with van der Waals surface area (Å²) in [5.74, 6) is -0.00746. The Morgan fingerprint density at radius 3 is 2.62 bits per heavy atom. The fraction of sp³-hybridized carbons (Fsp3) is 0.250. The topological polar surface area (TPSA) is 80.2 Å². The molecule has 0 radical (unpaired) electrons. The molecule has 21 heavy (non-hydrogen) atoms. The lowest BCUT2D eigenvalue weighted by atomic mass is 10.2. The average Bonchev–Trinajstić information content (AvgIpc) is 3.05. The van der Waals surface area contributed by atoms with Crippen molar-refractivity contribution in [1.29, 1.82) is 0 Å². The van der Waals surface area contributed by atoms with Gasteiger partial charge in [0.05, 0.1) is 0 Å². The second-order valence-electron chi connectivity index (χ2n) is 4.57. The molecule has 1 fully saturated rings. The van der Waals surface area contributed by atoms with Gasteiger partial charge in [0, 0.05) is 30.1 Å². The molecule has 1 saturated heterocycles. The molecule has 2 heterocycles. The molecule has 1 unspecified atom stereocenters. The van der Waals surface area contributed by atoms with Crippen LogP contribution in [0.5, 0.6) is 0 Å². The average molecular weight is 327 g/mol. The molecule has 110 valence electrons. The molecule has 1 aliphatic rings. The van der Waals surface area contributed by atoms with Crippen LogP contribution in [0.25, 0.3) is 11.4 Å². The Labute approximate surface area is 124 Å². The van der Waals surface area contributed by atoms with E-state index in [1.54, 1.807) is 0 Å². The van der Waals surface area contributed by atoms with Crippen molar-refractivity contribution in [3.63, 3.8) is 0 Å². The van der Waals surface area contributed by atoms with Crippen LogP contribution in [0.15, 0.2) is 30.3 Å². The van der Waals surface area contributed by atoms with Gasteiger partial charge >= 0.3 is 10.2 Å². The second kappa shape index (κ2) is 5.15. The Kier molecular flexibility index (Phi) is 3.46. The first-order valence-corrected chi connectivity index (χ1v) is 8.30. The number of hydrogen-bond acceptors (Lipinski definition) is 6. The van der Waals surface area contributed by atoms with Crippen LogP contribution < -0.4 is 4.90 Å². The van der Waals surface area contributed by atoms with E-state index < -0.39 is 21.4 Å². The maximum atomic E-state index is 13.0. The third kappa shape index (κ3) is 2.79. The maximum absolute atomic E-state index is 13.0. The van der Waals surface area contributed by atoms with Crippen LogP contribution in [0.1, 0.15) is 6.42 Å². The first-order chi connectivity index (χ1) is 9.95. The van der Waals surface area contributed by atoms with E-state index in [0.717, 1.165) is 17.1 Å². The van der Waals surface area contributed by atoms with Gasteiger partial charge in [0.2, 0.25) is 11.0 Å². The van der Waals surface area contributed by atoms with E-state index in [-0.39, 0.29) is 18.1 Å². The van der Waals surface area contributed by atoms with Crippen LogP contribution in [0.3, 0.4) is 0 Å². The van der Waals surface area contributed by atoms with Gasteiger partial charge < -0.3 is 0 Å². The van der Waals surface area contributed by atoms with E-state index in [1.807, 2.05) is 30.3 Å². The molecule has 3 rings (SSSR count). The van der Waals surface area contributed by atoms with Crippen molar-refractivity contribution in [2.24, 2.45) is 0 Å². The highest BCUT2D eigenvalue weighted by Crippen LogP contribution is 2.29. The number of amides is 1. The number of rotatable bonds is 3. The number of nitrogens with zero attached hydrogens (tertiary/aromatic N) is 3. The van der Waals surface area contributed by atoms with Gasteiger partial charge in [-0.25, -0.2) is 0 Å². The standard InChI is InChI=1S/C12H10FN3O3S2/c13-21(18,19)9-6-10(17)16(7-9)12-14-11(15-20-12)8-4-2-1-3-5-8/h1-5,9H,6-7H2. The highest BCUT2D eigenvalue weighted by molar-refractivity contribution is 7.87. The summed E-state index contributed by atoms with van der Waals surface area (Å²) in [6.45, 7) is -0.221. The molecule has 0 aliphatic carbocycles. The number of halogens is 1. The van der Waals surface area contributed by atoms with Gasteiger partial charge in [-0.15, -0.1) is 3.89 Å². The highest BCUT2D eigenvalue weighted by Gasteiger charge is 2.40. The third-order valence-electron chi connectivity index (χ3n) is 3.17. The fourth-order valence-corrected chi connectivity index (χ4v) is 3.46. The zero-order valence-electron chi connectivity index (χ0n) is 10.6. The van der Waals surface area contributed by atoms with Crippen LogP contribution >= 0.6 is 11.5 Å². The minimum atomic E-state index is -4.73. The van der Waals surface area contributed by atoms with Gasteiger partial charge in [0.25, 0.3) is 0 Å². The summed E-state index contributed by atoms with van der Waals surface area (Å²) in [4.78, 5) is 17.2. The van der Waals surface area contributed by atoms with Gasteiger partial charge in [-0.1, -0.05) is 30.3 Å². The van der Waals surface area contributed by atoms with Crippen LogP contribution in [0, 0.1) is 0 Å². The molecule has 2 aromatic rings. The summed E-state index contributed by atoms with van der Waals surface area (Å²) >= 11 is 0.985. The van der Waals surface area contributed by atoms with E-state index in [2.05, 4.69) is 9.36 Å². The van der Waals surface area contributed by atoms with E-state index in [0.29, 0.717) is 5.82 Å². The first-order valence-electron chi connectivity index (χ1n) is 6.08. The van der Waals surface area contributed by atoms with Crippen molar-refractivity contribution < 1.29 is 17.1 Å². The molecule has 9 heteroatoms. The largest absolute Gasteiger partial charge is 0.307 e. The molecule has 1 amide bonds. The Hall–Kier alpha value is -1.87. The lowest BCUT2D eigenvalue weighted by molar-refractivity contribution is -0.117. The molecule has 0 bridgehead atoms. The quantitative estimate of drug-likeness (QED) is 0.800. The number of benzene rings is 1. The highest BCUT2D eigenvalue weighted by atomic mass is 32.3. The summed E-state index contributed by atoms with van der Waals surface area (Å²) < 4.78 is 38.9. The van der Waals surface area contributed by atoms with Crippen LogP contribution in [0.4, 0.5) is 9.02 Å². The Bertz CT molecular complexity index is 776. The zero-order chi connectivity index (χ0) is 15.0. The first kappa shape index (κ1) is 14.1. The minimum Gasteiger partial charge on any atom is -0.285 e. The molecule has 1 atom stereocenters. The Balaban J connectivity index is 1.86. The smallest absolute Gasteiger partial charge is 0.285 e. The van der Waals surface area contributed by atoms with E-state index in [1.165, 1.54) is 4.90 Å². The minimum absolute atomic E-state index is 0.221. The molecule has 0 saturated carbocycles. The van der Waals surface area contributed by atoms with Gasteiger partial charge in [0.1, 0.15) is 5.25 Å². The second-order valence-corrected chi connectivity index (χ2v) is 6.92. The van der Waals surface area contributed by atoms with E-state index in [4.69, 9.17) is 0 Å². The van der Waals surface area contributed by atoms with Crippen LogP contribution in [-0.2, 0) is 15.0 Å². The van der Waals surface area contributed by atoms with Gasteiger partial charge in [-0.2, -0.15) is 17.8 Å². The van der Waals surface area contributed by atoms with Gasteiger partial charge in [0.15, 0.2) is 5.82 Å². The predicted octanol–water partition coefficient (Wildman–Crippen LogP) is 1.61. The normalized spacial score (nSPS) is 19.2. The number of carbonyl (C=O) groups excluding carboxylic acids is 1. The Morgan fingerprint density at radius 2 is 2.00 bits per heavy atom. The van der Waals surface area contributed by atoms with Crippen LogP contribution in [0.2, 0.25) is 0 Å². The monoisotopic (exact) mass is 327 g/mol. The van der Waals surface area contributed by atoms with Crippen molar-refractivity contribution in [3.05, 3.63) is 30.3 Å². The number of hydrogen-bond donors (Lipinski definition) is 0. The lowest BCUT2D eigenvalue weighted by Crippen LogP contribution is -2.26. The molecule has 0 spiro atoms. The summed E-state index contributed by atoms with van der Waals surface area (Å²) in [7, 11) is -4.73. The van der Waals surface area contributed by atoms with Crippen molar-refractivity contribution >= 4 is 32.8 Å². The lowest BCUT2D eigenvalue weighted by Gasteiger charge is -2.10. The molecule has 1 aromatic heterocycles. The van der Waals surface area contributed by atoms with E-state index in [9.17, 15) is 17.1 Å². The summed E-state index contributed by atoms with van der Waals surface area (Å²) in [5.41, 5.74) is 0.793. The summed E-state index contributed by atoms with van der Waals surface area (Å²) in [5, 5.41) is -1.04. The summed E-state index contributed by atoms with van der Waals surface area (Å²) in [6.07, 6.45) is -0.362. The van der Waals surface area contributed by atoms with Crippen molar-refractivity contribution in [3.8, 4) is 11.4 Å². The molecule has 0 N–H and O–H groups in total. The molecule has 1 aromatic carbocycles. The molecule has 1 aliphatic heterocycles. The van der Waals surface area contributed by atoms with Gasteiger partial charge in [-0.3, -0.25) is 9.69 Å². The van der Waals surface area contributed by atoms with E-state index >= 15 is 0 Å². The molecule has 6 nitrogen and oxygen atoms in total. The molecular formula is C12H10FN3O3S2. The van der Waals surface area contributed by atoms with Gasteiger partial charge in [-0.05, 0) is 0 Å². The zero-order valence-corrected chi connectivity index (χ0v) is 12.3. The SMILES string of the molecule is O=C1CC(S(=O)(=O)F)CN1c1nc(-c2ccccc2)ns1. The summed E-state index contributed by atoms with van der Waals surface area (Å²) in [6, 6.07) is 9.18. The number of aromatic nitrogens is 2. The number of anilines is 1. The van der Waals surface area contributed by atoms with Crippen molar-refractivity contribution in [2.45, 2.75) is 11.7 Å². The van der Waals surface area contributed by atoms with Crippen molar-refractivity contribution in [1.82, 2.24) is 9.36 Å². The van der Waals surface area contributed by atoms with Crippen molar-refractivity contribution in [2.75, 3.05) is 11.4 Å². The third-order valence-corrected chi connectivity index (χ3v) is 5.02. The van der Waals surface area contributed by atoms with Crippen LogP contribution in [-0.4, -0.2) is 35.5 Å². The molecular weight excluding hydrogens is 317 g/mol. The predicted molar refractivity (Wildman–Crippen MR) is 76.1 cm³/mol. The Morgan fingerprint density at radius 1 is 1.29 bits per heavy atom. The maximum Gasteiger partial charge on any atom is 0.307 e.